The van der Waals surface area contributed by atoms with Crippen molar-refractivity contribution in [3.63, 3.8) is 0 Å². The zero-order chi connectivity index (χ0) is 22.5. The van der Waals surface area contributed by atoms with Crippen molar-refractivity contribution in [1.29, 1.82) is 0 Å². The van der Waals surface area contributed by atoms with Gasteiger partial charge in [0.2, 0.25) is 0 Å². The molecule has 1 amide bonds. The molecule has 3 aromatic rings. The molecule has 0 spiro atoms. The van der Waals surface area contributed by atoms with Crippen LogP contribution in [0, 0.1) is 0 Å². The molecule has 0 aliphatic heterocycles. The molecular weight excluding hydrogens is 426 g/mol. The average molecular weight is 450 g/mol. The molecule has 4 rings (SSSR count). The third-order valence-corrected chi connectivity index (χ3v) is 6.60. The molecule has 164 valence electrons. The molecule has 0 saturated carbocycles. The molecule has 0 bridgehead atoms. The Labute approximate surface area is 189 Å². The molecule has 0 atom stereocenters. The summed E-state index contributed by atoms with van der Waals surface area (Å²) >= 11 is 1.43. The highest BCUT2D eigenvalue weighted by Gasteiger charge is 2.27. The number of ether oxygens (including phenoxy) is 1. The number of carbonyl (C=O) groups is 3. The first kappa shape index (κ1) is 21.9. The maximum Gasteiger partial charge on any atom is 0.338 e. The van der Waals surface area contributed by atoms with Gasteiger partial charge in [-0.05, 0) is 48.9 Å². The van der Waals surface area contributed by atoms with Crippen LogP contribution in [-0.2, 0) is 29.0 Å². The smallest absolute Gasteiger partial charge is 0.338 e. The van der Waals surface area contributed by atoms with Gasteiger partial charge in [0.25, 0.3) is 5.91 Å². The van der Waals surface area contributed by atoms with Crippen LogP contribution in [-0.4, -0.2) is 29.4 Å². The van der Waals surface area contributed by atoms with E-state index < -0.39 is 18.5 Å². The van der Waals surface area contributed by atoms with E-state index in [1.807, 2.05) is 18.2 Å². The van der Waals surface area contributed by atoms with Gasteiger partial charge in [0.1, 0.15) is 5.00 Å². The third kappa shape index (κ3) is 4.79. The zero-order valence-corrected chi connectivity index (χ0v) is 18.2. The number of hydrogen-bond acceptors (Lipinski definition) is 6. The van der Waals surface area contributed by atoms with Crippen LogP contribution in [0.25, 0.3) is 0 Å². The molecule has 1 aliphatic carbocycles. The van der Waals surface area contributed by atoms with Gasteiger partial charge in [-0.25, -0.2) is 4.79 Å². The minimum Gasteiger partial charge on any atom is -0.452 e. The molecule has 1 heterocycles. The monoisotopic (exact) mass is 449 g/mol. The van der Waals surface area contributed by atoms with Crippen LogP contribution in [0.5, 0.6) is 0 Å². The number of carbonyl (C=O) groups excluding carboxylic acids is 3. The molecule has 2 N–H and O–H groups in total. The predicted molar refractivity (Wildman–Crippen MR) is 122 cm³/mol. The maximum absolute atomic E-state index is 13.2. The van der Waals surface area contributed by atoms with E-state index in [1.165, 1.54) is 23.5 Å². The summed E-state index contributed by atoms with van der Waals surface area (Å²) in [6.45, 7) is -0.575. The highest BCUT2D eigenvalue weighted by atomic mass is 32.1. The molecule has 1 aromatic heterocycles. The van der Waals surface area contributed by atoms with Gasteiger partial charge >= 0.3 is 5.97 Å². The largest absolute Gasteiger partial charge is 0.452 e. The molecule has 0 unspecified atom stereocenters. The van der Waals surface area contributed by atoms with E-state index in [0.717, 1.165) is 36.1 Å². The number of aliphatic hydroxyl groups is 1. The number of aryl methyl sites for hydroxylation is 1. The summed E-state index contributed by atoms with van der Waals surface area (Å²) in [4.78, 5) is 39.1. The number of ketones is 1. The Bertz CT molecular complexity index is 1140. The number of fused-ring (bicyclic) bond motifs is 1. The van der Waals surface area contributed by atoms with Crippen molar-refractivity contribution < 1.29 is 24.2 Å². The number of anilines is 1. The van der Waals surface area contributed by atoms with Gasteiger partial charge in [-0.15, -0.1) is 11.3 Å². The summed E-state index contributed by atoms with van der Waals surface area (Å²) in [5, 5.41) is 12.4. The normalized spacial score (nSPS) is 12.7. The lowest BCUT2D eigenvalue weighted by molar-refractivity contribution is -0.119. The number of aliphatic hydroxyl groups excluding tert-OH is 1. The molecular formula is C25H23NO5S. The second-order valence-corrected chi connectivity index (χ2v) is 8.69. The lowest BCUT2D eigenvalue weighted by Crippen LogP contribution is -2.21. The molecule has 1 aliphatic rings. The van der Waals surface area contributed by atoms with Crippen LogP contribution in [0.3, 0.4) is 0 Å². The lowest BCUT2D eigenvalue weighted by Gasteiger charge is -2.12. The summed E-state index contributed by atoms with van der Waals surface area (Å²) in [5.74, 6) is -1.23. The zero-order valence-electron chi connectivity index (χ0n) is 17.4. The first-order valence-corrected chi connectivity index (χ1v) is 11.3. The molecule has 0 radical (unpaired) electrons. The quantitative estimate of drug-likeness (QED) is 0.418. The number of esters is 1. The van der Waals surface area contributed by atoms with Crippen molar-refractivity contribution in [2.45, 2.75) is 32.3 Å². The fourth-order valence-corrected chi connectivity index (χ4v) is 5.05. The van der Waals surface area contributed by atoms with Crippen LogP contribution < -0.4 is 5.32 Å². The minimum atomic E-state index is -0.629. The first-order valence-electron chi connectivity index (χ1n) is 10.5. The SMILES string of the molecule is O=C(COC(=O)c1ccc(CO)cc1)Nc1sc2c(c1C(=O)c1ccccc1)CCCC2. The fourth-order valence-electron chi connectivity index (χ4n) is 3.75. The van der Waals surface area contributed by atoms with E-state index in [2.05, 4.69) is 5.32 Å². The van der Waals surface area contributed by atoms with E-state index in [1.54, 1.807) is 24.3 Å². The van der Waals surface area contributed by atoms with Gasteiger partial charge in [0, 0.05) is 10.4 Å². The van der Waals surface area contributed by atoms with Crippen molar-refractivity contribution in [2.24, 2.45) is 0 Å². The first-order chi connectivity index (χ1) is 15.6. The van der Waals surface area contributed by atoms with Gasteiger partial charge < -0.3 is 15.2 Å². The second-order valence-electron chi connectivity index (χ2n) is 7.59. The van der Waals surface area contributed by atoms with Gasteiger partial charge in [-0.3, -0.25) is 9.59 Å². The Morgan fingerprint density at radius 3 is 2.38 bits per heavy atom. The average Bonchev–Trinajstić information content (AvgIpc) is 3.20. The third-order valence-electron chi connectivity index (χ3n) is 5.39. The van der Waals surface area contributed by atoms with Crippen LogP contribution >= 0.6 is 11.3 Å². The molecule has 2 aromatic carbocycles. The Morgan fingerprint density at radius 2 is 1.66 bits per heavy atom. The molecule has 6 nitrogen and oxygen atoms in total. The number of thiophene rings is 1. The Balaban J connectivity index is 1.48. The summed E-state index contributed by atoms with van der Waals surface area (Å²) < 4.78 is 5.13. The minimum absolute atomic E-state index is 0.110. The van der Waals surface area contributed by atoms with E-state index in [4.69, 9.17) is 9.84 Å². The molecule has 0 saturated heterocycles. The highest BCUT2D eigenvalue weighted by Crippen LogP contribution is 2.39. The van der Waals surface area contributed by atoms with Crippen molar-refractivity contribution >= 4 is 34.0 Å². The van der Waals surface area contributed by atoms with Gasteiger partial charge in [-0.1, -0.05) is 42.5 Å². The topological polar surface area (TPSA) is 92.7 Å². The van der Waals surface area contributed by atoms with E-state index in [-0.39, 0.29) is 12.4 Å². The standard InChI is InChI=1S/C25H23NO5S/c27-14-16-10-12-18(13-11-16)25(30)31-15-21(28)26-24-22(19-8-4-5-9-20(19)32-24)23(29)17-6-2-1-3-7-17/h1-3,6-7,10-13,27H,4-5,8-9,14-15H2,(H,26,28). The van der Waals surface area contributed by atoms with Gasteiger partial charge in [0.15, 0.2) is 12.4 Å². The predicted octanol–water partition coefficient (Wildman–Crippen LogP) is 4.15. The Kier molecular flexibility index (Phi) is 6.78. The van der Waals surface area contributed by atoms with Crippen molar-refractivity contribution in [3.8, 4) is 0 Å². The summed E-state index contributed by atoms with van der Waals surface area (Å²) in [5.41, 5.74) is 3.12. The van der Waals surface area contributed by atoms with Crippen molar-refractivity contribution in [3.05, 3.63) is 87.3 Å². The fraction of sp³-hybridized carbons (Fsp3) is 0.240. The number of hydrogen-bond donors (Lipinski definition) is 2. The molecule has 0 fully saturated rings. The number of benzene rings is 2. The summed E-state index contributed by atoms with van der Waals surface area (Å²) in [6, 6.07) is 15.3. The van der Waals surface area contributed by atoms with Crippen LogP contribution in [0.1, 0.15) is 55.1 Å². The Morgan fingerprint density at radius 1 is 0.938 bits per heavy atom. The van der Waals surface area contributed by atoms with Gasteiger partial charge in [0.05, 0.1) is 17.7 Å². The highest BCUT2D eigenvalue weighted by molar-refractivity contribution is 7.17. The van der Waals surface area contributed by atoms with Gasteiger partial charge in [-0.2, -0.15) is 0 Å². The number of nitrogens with one attached hydrogen (secondary N) is 1. The number of rotatable bonds is 7. The van der Waals surface area contributed by atoms with E-state index >= 15 is 0 Å². The Hall–Kier alpha value is -3.29. The molecule has 32 heavy (non-hydrogen) atoms. The second kappa shape index (κ2) is 9.89. The van der Waals surface area contributed by atoms with Crippen LogP contribution in [0.2, 0.25) is 0 Å². The van der Waals surface area contributed by atoms with Crippen LogP contribution in [0.4, 0.5) is 5.00 Å². The summed E-state index contributed by atoms with van der Waals surface area (Å²) in [6.07, 6.45) is 3.78. The molecule has 7 heteroatoms. The number of amides is 1. The maximum atomic E-state index is 13.2. The van der Waals surface area contributed by atoms with E-state index in [0.29, 0.717) is 27.3 Å². The van der Waals surface area contributed by atoms with Crippen molar-refractivity contribution in [1.82, 2.24) is 0 Å². The van der Waals surface area contributed by atoms with Crippen molar-refractivity contribution in [2.75, 3.05) is 11.9 Å². The van der Waals surface area contributed by atoms with Crippen LogP contribution in [0.15, 0.2) is 54.6 Å². The summed E-state index contributed by atoms with van der Waals surface area (Å²) in [7, 11) is 0. The lowest BCUT2D eigenvalue weighted by atomic mass is 9.92. The van der Waals surface area contributed by atoms with E-state index in [9.17, 15) is 14.4 Å².